The molecule has 0 aromatic heterocycles. The Kier molecular flexibility index (Phi) is 8.06. The molecule has 0 unspecified atom stereocenters. The SMILES string of the molecule is CCCCCCCCc1ccccc1.Cc1ccc2ccc3c(N(C)C)ccc4ccc1c2c43. The summed E-state index contributed by atoms with van der Waals surface area (Å²) in [7, 11) is 4.22. The summed E-state index contributed by atoms with van der Waals surface area (Å²) in [4.78, 5) is 2.19. The summed E-state index contributed by atoms with van der Waals surface area (Å²) in [5.74, 6) is 0. The summed E-state index contributed by atoms with van der Waals surface area (Å²) in [5.41, 5.74) is 4.12. The fourth-order valence-electron chi connectivity index (χ4n) is 5.08. The molecule has 1 nitrogen and oxygen atoms in total. The highest BCUT2D eigenvalue weighted by Crippen LogP contribution is 2.39. The number of anilines is 1. The van der Waals surface area contributed by atoms with Gasteiger partial charge in [-0.15, -0.1) is 0 Å². The second-order valence-electron chi connectivity index (χ2n) is 9.79. The molecule has 0 aliphatic heterocycles. The second-order valence-corrected chi connectivity index (χ2v) is 9.79. The molecule has 0 N–H and O–H groups in total. The Morgan fingerprint density at radius 1 is 0.588 bits per heavy atom. The lowest BCUT2D eigenvalue weighted by atomic mass is 9.91. The Morgan fingerprint density at radius 3 is 1.88 bits per heavy atom. The zero-order valence-electron chi connectivity index (χ0n) is 21.4. The molecule has 5 aromatic rings. The van der Waals surface area contributed by atoms with Gasteiger partial charge >= 0.3 is 0 Å². The topological polar surface area (TPSA) is 3.24 Å². The molecule has 0 saturated heterocycles. The van der Waals surface area contributed by atoms with Crippen LogP contribution in [-0.4, -0.2) is 14.1 Å². The fraction of sp³-hybridized carbons (Fsp3) is 0.333. The number of hydrogen-bond donors (Lipinski definition) is 0. The zero-order valence-corrected chi connectivity index (χ0v) is 21.4. The average Bonchev–Trinajstić information content (AvgIpc) is 2.86. The van der Waals surface area contributed by atoms with Gasteiger partial charge < -0.3 is 4.90 Å². The van der Waals surface area contributed by atoms with E-state index >= 15 is 0 Å². The molecular formula is C33H39N. The van der Waals surface area contributed by atoms with Crippen molar-refractivity contribution in [3.63, 3.8) is 0 Å². The minimum Gasteiger partial charge on any atom is -0.377 e. The van der Waals surface area contributed by atoms with Crippen LogP contribution in [0.5, 0.6) is 0 Å². The Hall–Kier alpha value is -3.06. The quantitative estimate of drug-likeness (QED) is 0.168. The third-order valence-electron chi connectivity index (χ3n) is 7.00. The first-order chi connectivity index (χ1) is 16.6. The molecule has 34 heavy (non-hydrogen) atoms. The number of unbranched alkanes of at least 4 members (excludes halogenated alkanes) is 5. The molecular weight excluding hydrogens is 410 g/mol. The van der Waals surface area contributed by atoms with Gasteiger partial charge in [0.1, 0.15) is 0 Å². The first kappa shape index (κ1) is 24.1. The lowest BCUT2D eigenvalue weighted by Crippen LogP contribution is -2.09. The van der Waals surface area contributed by atoms with Gasteiger partial charge in [0.2, 0.25) is 0 Å². The highest BCUT2D eigenvalue weighted by molar-refractivity contribution is 6.25. The van der Waals surface area contributed by atoms with E-state index in [1.807, 2.05) is 0 Å². The zero-order chi connectivity index (χ0) is 23.9. The van der Waals surface area contributed by atoms with Crippen molar-refractivity contribution < 1.29 is 0 Å². The molecule has 176 valence electrons. The molecule has 5 rings (SSSR count). The van der Waals surface area contributed by atoms with Gasteiger partial charge in [-0.1, -0.05) is 112 Å². The molecule has 0 atom stereocenters. The van der Waals surface area contributed by atoms with Crippen LogP contribution in [-0.2, 0) is 6.42 Å². The lowest BCUT2D eigenvalue weighted by Gasteiger charge is -2.19. The van der Waals surface area contributed by atoms with Gasteiger partial charge in [0, 0.05) is 25.2 Å². The molecule has 0 aliphatic rings. The van der Waals surface area contributed by atoms with Crippen molar-refractivity contribution in [3.8, 4) is 0 Å². The number of nitrogens with zero attached hydrogens (tertiary/aromatic N) is 1. The number of benzene rings is 5. The van der Waals surface area contributed by atoms with Gasteiger partial charge in [0.15, 0.2) is 0 Å². The van der Waals surface area contributed by atoms with Crippen LogP contribution >= 0.6 is 0 Å². The molecule has 5 aromatic carbocycles. The maximum Gasteiger partial charge on any atom is 0.0441 e. The molecule has 1 heteroatoms. The first-order valence-electron chi connectivity index (χ1n) is 13.0. The summed E-state index contributed by atoms with van der Waals surface area (Å²) in [6.45, 7) is 4.46. The highest BCUT2D eigenvalue weighted by Gasteiger charge is 2.12. The van der Waals surface area contributed by atoms with E-state index in [2.05, 4.69) is 112 Å². The van der Waals surface area contributed by atoms with Crippen LogP contribution in [0, 0.1) is 6.92 Å². The van der Waals surface area contributed by atoms with E-state index in [0.29, 0.717) is 0 Å². The number of aryl methyl sites for hydroxylation is 2. The monoisotopic (exact) mass is 449 g/mol. The van der Waals surface area contributed by atoms with Crippen molar-refractivity contribution in [1.82, 2.24) is 0 Å². The van der Waals surface area contributed by atoms with E-state index in [4.69, 9.17) is 0 Å². The predicted octanol–water partition coefficient (Wildman–Crippen LogP) is 9.55. The highest BCUT2D eigenvalue weighted by atomic mass is 15.1. The van der Waals surface area contributed by atoms with Gasteiger partial charge in [0.05, 0.1) is 0 Å². The van der Waals surface area contributed by atoms with Crippen LogP contribution in [0.1, 0.15) is 56.6 Å². The van der Waals surface area contributed by atoms with Crippen LogP contribution in [0.4, 0.5) is 5.69 Å². The van der Waals surface area contributed by atoms with E-state index in [1.54, 1.807) is 0 Å². The Labute approximate surface area is 205 Å². The average molecular weight is 450 g/mol. The van der Waals surface area contributed by atoms with Crippen molar-refractivity contribution >= 4 is 38.0 Å². The summed E-state index contributed by atoms with van der Waals surface area (Å²) >= 11 is 0. The standard InChI is InChI=1S/C19H17N.C14H22/c1-12-4-5-13-7-10-16-17(20(2)3)11-8-14-6-9-15(12)18(13)19(14)16;1-2-3-4-5-6-8-11-14-12-9-7-10-13-14/h4-11H,1-3H3;7,9-10,12-13H,2-6,8,11H2,1H3. The van der Waals surface area contributed by atoms with Gasteiger partial charge in [-0.3, -0.25) is 0 Å². The van der Waals surface area contributed by atoms with E-state index < -0.39 is 0 Å². The normalized spacial score (nSPS) is 11.2. The van der Waals surface area contributed by atoms with Crippen molar-refractivity contribution in [1.29, 1.82) is 0 Å². The minimum atomic E-state index is 1.26. The van der Waals surface area contributed by atoms with E-state index in [0.717, 1.165) is 0 Å². The van der Waals surface area contributed by atoms with E-state index in [1.165, 1.54) is 94.1 Å². The van der Waals surface area contributed by atoms with Crippen LogP contribution in [0.2, 0.25) is 0 Å². The maximum atomic E-state index is 2.27. The van der Waals surface area contributed by atoms with Gasteiger partial charge in [-0.25, -0.2) is 0 Å². The Bertz CT molecular complexity index is 1320. The minimum absolute atomic E-state index is 1.26. The largest absolute Gasteiger partial charge is 0.377 e. The fourth-order valence-corrected chi connectivity index (χ4v) is 5.08. The van der Waals surface area contributed by atoms with Crippen LogP contribution in [0.25, 0.3) is 32.3 Å². The third kappa shape index (κ3) is 5.36. The summed E-state index contributed by atoms with van der Waals surface area (Å²) < 4.78 is 0. The molecule has 0 spiro atoms. The van der Waals surface area contributed by atoms with E-state index in [9.17, 15) is 0 Å². The smallest absolute Gasteiger partial charge is 0.0441 e. The van der Waals surface area contributed by atoms with Gasteiger partial charge in [-0.05, 0) is 63.9 Å². The Morgan fingerprint density at radius 2 is 1.18 bits per heavy atom. The molecule has 0 amide bonds. The van der Waals surface area contributed by atoms with Crippen molar-refractivity contribution in [2.45, 2.75) is 58.8 Å². The maximum absolute atomic E-state index is 2.27. The number of rotatable bonds is 8. The molecule has 0 aliphatic carbocycles. The molecule has 0 bridgehead atoms. The summed E-state index contributed by atoms with van der Waals surface area (Å²) in [6, 6.07) is 28.7. The van der Waals surface area contributed by atoms with E-state index in [-0.39, 0.29) is 0 Å². The first-order valence-corrected chi connectivity index (χ1v) is 13.0. The predicted molar refractivity (Wildman–Crippen MR) is 153 cm³/mol. The lowest BCUT2D eigenvalue weighted by molar-refractivity contribution is 0.607. The van der Waals surface area contributed by atoms with Crippen LogP contribution in [0.3, 0.4) is 0 Å². The van der Waals surface area contributed by atoms with Crippen molar-refractivity contribution in [2.24, 2.45) is 0 Å². The van der Waals surface area contributed by atoms with Gasteiger partial charge in [0.25, 0.3) is 0 Å². The van der Waals surface area contributed by atoms with Crippen molar-refractivity contribution in [3.05, 3.63) is 90.0 Å². The summed E-state index contributed by atoms with van der Waals surface area (Å²) in [6.07, 6.45) is 9.60. The molecule has 0 saturated carbocycles. The van der Waals surface area contributed by atoms with Gasteiger partial charge in [-0.2, -0.15) is 0 Å². The molecule has 0 radical (unpaired) electrons. The van der Waals surface area contributed by atoms with Crippen LogP contribution in [0.15, 0.2) is 78.9 Å². The third-order valence-corrected chi connectivity index (χ3v) is 7.00. The second kappa shape index (κ2) is 11.4. The van der Waals surface area contributed by atoms with Crippen molar-refractivity contribution in [2.75, 3.05) is 19.0 Å². The molecule has 0 fully saturated rings. The molecule has 0 heterocycles. The van der Waals surface area contributed by atoms with Crippen LogP contribution < -0.4 is 4.90 Å². The summed E-state index contributed by atoms with van der Waals surface area (Å²) in [5, 5.41) is 8.18. The Balaban J connectivity index is 0.000000173. The number of hydrogen-bond acceptors (Lipinski definition) is 1.